The van der Waals surface area contributed by atoms with Crippen LogP contribution in [0.4, 0.5) is 0 Å². The Labute approximate surface area is 184 Å². The van der Waals surface area contributed by atoms with Crippen LogP contribution in [0, 0.1) is 0 Å². The number of ether oxygens (including phenoxy) is 2. The van der Waals surface area contributed by atoms with E-state index in [9.17, 15) is 0 Å². The van der Waals surface area contributed by atoms with E-state index in [-0.39, 0.29) is 24.0 Å². The third-order valence-corrected chi connectivity index (χ3v) is 5.47. The molecule has 0 aliphatic rings. The zero-order valence-electron chi connectivity index (χ0n) is 15.3. The number of halogens is 2. The fraction of sp³-hybridized carbons (Fsp3) is 0.389. The number of hydrogen-bond donors (Lipinski definition) is 2. The van der Waals surface area contributed by atoms with Crippen LogP contribution in [0.3, 0.4) is 0 Å². The van der Waals surface area contributed by atoms with Crippen LogP contribution >= 0.6 is 51.2 Å². The van der Waals surface area contributed by atoms with Crippen molar-refractivity contribution in [2.45, 2.75) is 19.4 Å². The van der Waals surface area contributed by atoms with E-state index in [0.717, 1.165) is 22.5 Å². The average molecular weight is 554 g/mol. The average Bonchev–Trinajstić information content (AvgIpc) is 3.15. The first-order valence-corrected chi connectivity index (χ1v) is 9.64. The predicted molar refractivity (Wildman–Crippen MR) is 124 cm³/mol. The van der Waals surface area contributed by atoms with Crippen molar-refractivity contribution in [2.75, 3.05) is 27.8 Å². The fourth-order valence-electron chi connectivity index (χ4n) is 2.40. The summed E-state index contributed by atoms with van der Waals surface area (Å²) in [5, 5.41) is 8.80. The summed E-state index contributed by atoms with van der Waals surface area (Å²) in [5.41, 5.74) is 1.07. The van der Waals surface area contributed by atoms with Crippen LogP contribution in [0.5, 0.6) is 11.5 Å². The highest BCUT2D eigenvalue weighted by atomic mass is 127. The molecule has 2 rings (SSSR count). The van der Waals surface area contributed by atoms with Gasteiger partial charge in [0.05, 0.1) is 18.7 Å². The van der Waals surface area contributed by atoms with Gasteiger partial charge in [-0.2, -0.15) is 0 Å². The maximum Gasteiger partial charge on any atom is 0.191 e. The molecule has 1 atom stereocenters. The Hall–Kier alpha value is -1.000. The molecule has 1 aromatic carbocycles. The molecule has 0 saturated carbocycles. The van der Waals surface area contributed by atoms with E-state index in [0.29, 0.717) is 24.0 Å². The number of methoxy groups -OCH3 is 2. The number of nitrogens with zero attached hydrogens (tertiary/aromatic N) is 1. The molecule has 8 heteroatoms. The Morgan fingerprint density at radius 1 is 1.27 bits per heavy atom. The van der Waals surface area contributed by atoms with Crippen molar-refractivity contribution in [3.05, 3.63) is 44.6 Å². The van der Waals surface area contributed by atoms with Crippen LogP contribution in [0.1, 0.15) is 23.3 Å². The number of nitrogens with one attached hydrogen (secondary N) is 2. The van der Waals surface area contributed by atoms with Gasteiger partial charge in [0.2, 0.25) is 0 Å². The Bertz CT molecular complexity index is 711. The Balaban J connectivity index is 0.00000338. The van der Waals surface area contributed by atoms with Gasteiger partial charge in [0.25, 0.3) is 0 Å². The minimum atomic E-state index is 0. The lowest BCUT2D eigenvalue weighted by molar-refractivity contribution is 0.352. The third-order valence-electron chi connectivity index (χ3n) is 3.78. The second-order valence-electron chi connectivity index (χ2n) is 5.54. The van der Waals surface area contributed by atoms with Crippen molar-refractivity contribution in [3.8, 4) is 11.5 Å². The van der Waals surface area contributed by atoms with E-state index in [1.165, 1.54) is 4.88 Å². The quantitative estimate of drug-likeness (QED) is 0.298. The van der Waals surface area contributed by atoms with Crippen molar-refractivity contribution in [1.82, 2.24) is 10.6 Å². The van der Waals surface area contributed by atoms with E-state index < -0.39 is 0 Å². The predicted octanol–water partition coefficient (Wildman–Crippen LogP) is 4.61. The van der Waals surface area contributed by atoms with E-state index in [4.69, 9.17) is 9.47 Å². The summed E-state index contributed by atoms with van der Waals surface area (Å²) in [5.74, 6) is 2.60. The third kappa shape index (κ3) is 6.31. The highest BCUT2D eigenvalue weighted by Crippen LogP contribution is 2.36. The minimum Gasteiger partial charge on any atom is -0.493 e. The van der Waals surface area contributed by atoms with Crippen LogP contribution in [-0.2, 0) is 6.54 Å². The van der Waals surface area contributed by atoms with E-state index in [1.807, 2.05) is 12.1 Å². The van der Waals surface area contributed by atoms with Gasteiger partial charge in [-0.15, -0.1) is 35.3 Å². The molecule has 0 radical (unpaired) electrons. The van der Waals surface area contributed by atoms with Gasteiger partial charge in [-0.25, -0.2) is 0 Å². The molecule has 26 heavy (non-hydrogen) atoms. The molecule has 0 amide bonds. The lowest BCUT2D eigenvalue weighted by Crippen LogP contribution is -2.38. The molecule has 0 spiro atoms. The number of thiophene rings is 1. The molecule has 0 saturated heterocycles. The number of guanidine groups is 1. The molecule has 0 fully saturated rings. The van der Waals surface area contributed by atoms with Crippen molar-refractivity contribution < 1.29 is 9.47 Å². The molecule has 0 aliphatic carbocycles. The molecule has 144 valence electrons. The van der Waals surface area contributed by atoms with Gasteiger partial charge in [0, 0.05) is 30.9 Å². The molecular formula is C18H25BrIN3O2S. The first-order chi connectivity index (χ1) is 12.1. The van der Waals surface area contributed by atoms with Crippen LogP contribution in [0.25, 0.3) is 0 Å². The van der Waals surface area contributed by atoms with Crippen molar-refractivity contribution in [1.29, 1.82) is 0 Å². The molecule has 0 aliphatic heterocycles. The monoisotopic (exact) mass is 553 g/mol. The second kappa shape index (κ2) is 11.7. The van der Waals surface area contributed by atoms with Crippen molar-refractivity contribution >= 4 is 57.2 Å². The van der Waals surface area contributed by atoms with Crippen molar-refractivity contribution in [2.24, 2.45) is 4.99 Å². The van der Waals surface area contributed by atoms with Gasteiger partial charge in [0.15, 0.2) is 17.5 Å². The molecule has 1 unspecified atom stereocenters. The Morgan fingerprint density at radius 2 is 2.04 bits per heavy atom. The van der Waals surface area contributed by atoms with Crippen LogP contribution in [0.2, 0.25) is 0 Å². The summed E-state index contributed by atoms with van der Waals surface area (Å²) in [6.07, 6.45) is 0. The van der Waals surface area contributed by atoms with Gasteiger partial charge in [-0.05, 0) is 45.1 Å². The summed E-state index contributed by atoms with van der Waals surface area (Å²) in [6.45, 7) is 3.67. The number of hydrogen-bond acceptors (Lipinski definition) is 4. The minimum absolute atomic E-state index is 0. The first-order valence-electron chi connectivity index (χ1n) is 7.97. The van der Waals surface area contributed by atoms with Gasteiger partial charge >= 0.3 is 0 Å². The highest BCUT2D eigenvalue weighted by molar-refractivity contribution is 14.0. The zero-order valence-corrected chi connectivity index (χ0v) is 20.1. The summed E-state index contributed by atoms with van der Waals surface area (Å²) in [6, 6.07) is 8.21. The second-order valence-corrected chi connectivity index (χ2v) is 7.37. The summed E-state index contributed by atoms with van der Waals surface area (Å²) in [7, 11) is 5.03. The van der Waals surface area contributed by atoms with Gasteiger partial charge < -0.3 is 20.1 Å². The van der Waals surface area contributed by atoms with E-state index >= 15 is 0 Å². The molecule has 2 N–H and O–H groups in total. The van der Waals surface area contributed by atoms with Gasteiger partial charge in [0.1, 0.15) is 0 Å². The lowest BCUT2D eigenvalue weighted by atomic mass is 10.1. The lowest BCUT2D eigenvalue weighted by Gasteiger charge is -2.16. The molecule has 1 aromatic heterocycles. The number of rotatable bonds is 7. The molecule has 2 aromatic rings. The van der Waals surface area contributed by atoms with E-state index in [1.54, 1.807) is 32.6 Å². The van der Waals surface area contributed by atoms with E-state index in [2.05, 4.69) is 56.0 Å². The maximum atomic E-state index is 5.38. The largest absolute Gasteiger partial charge is 0.493 e. The smallest absolute Gasteiger partial charge is 0.191 e. The Morgan fingerprint density at radius 3 is 2.62 bits per heavy atom. The van der Waals surface area contributed by atoms with Crippen LogP contribution < -0.4 is 20.1 Å². The molecular weight excluding hydrogens is 529 g/mol. The van der Waals surface area contributed by atoms with Gasteiger partial charge in [-0.3, -0.25) is 4.99 Å². The first kappa shape index (κ1) is 23.0. The zero-order chi connectivity index (χ0) is 18.2. The highest BCUT2D eigenvalue weighted by Gasteiger charge is 2.11. The molecule has 1 heterocycles. The fourth-order valence-corrected chi connectivity index (χ4v) is 3.84. The molecule has 5 nitrogen and oxygen atoms in total. The summed E-state index contributed by atoms with van der Waals surface area (Å²) >= 11 is 5.30. The standard InChI is InChI=1S/C18H24BrN3O2S.HI/c1-12(16-6-5-7-25-16)10-21-18(20-2)22-11-13-8-14(19)17(24-4)15(9-13)23-3;/h5-9,12H,10-11H2,1-4H3,(H2,20,21,22);1H. The SMILES string of the molecule is CN=C(NCc1cc(Br)c(OC)c(OC)c1)NCC(C)c1cccs1.I. The summed E-state index contributed by atoms with van der Waals surface area (Å²) < 4.78 is 11.6. The molecule has 0 bridgehead atoms. The number of aliphatic imine (C=N–C) groups is 1. The number of benzene rings is 1. The summed E-state index contributed by atoms with van der Waals surface area (Å²) in [4.78, 5) is 5.65. The maximum absolute atomic E-state index is 5.38. The van der Waals surface area contributed by atoms with Crippen molar-refractivity contribution in [3.63, 3.8) is 0 Å². The van der Waals surface area contributed by atoms with Crippen LogP contribution in [0.15, 0.2) is 39.1 Å². The Kier molecular flexibility index (Phi) is 10.3. The van der Waals surface area contributed by atoms with Gasteiger partial charge in [-0.1, -0.05) is 13.0 Å². The van der Waals surface area contributed by atoms with Crippen LogP contribution in [-0.4, -0.2) is 33.8 Å². The normalized spacial score (nSPS) is 12.1. The topological polar surface area (TPSA) is 54.9 Å².